The van der Waals surface area contributed by atoms with Gasteiger partial charge in [0.15, 0.2) is 11.9 Å². The molecule has 1 unspecified atom stereocenters. The fourth-order valence-electron chi connectivity index (χ4n) is 2.08. The fraction of sp³-hybridized carbons (Fsp3) is 0.429. The second-order valence-electron chi connectivity index (χ2n) is 4.28. The third kappa shape index (κ3) is 2.37. The summed E-state index contributed by atoms with van der Waals surface area (Å²) in [5, 5.41) is 0. The van der Waals surface area contributed by atoms with E-state index in [0.29, 0.717) is 24.2 Å². The van der Waals surface area contributed by atoms with E-state index in [1.165, 1.54) is 7.11 Å². The van der Waals surface area contributed by atoms with E-state index in [4.69, 9.17) is 4.74 Å². The number of ketones is 1. The highest BCUT2D eigenvalue weighted by atomic mass is 16.6. The van der Waals surface area contributed by atoms with Gasteiger partial charge in [0.25, 0.3) is 0 Å². The van der Waals surface area contributed by atoms with Crippen LogP contribution >= 0.6 is 0 Å². The number of carbonyl (C=O) groups is 2. The van der Waals surface area contributed by atoms with Gasteiger partial charge in [-0.25, -0.2) is 4.79 Å². The molecule has 0 bridgehead atoms. The highest BCUT2D eigenvalue weighted by Crippen LogP contribution is 2.26. The Kier molecular flexibility index (Phi) is 3.65. The molecule has 0 heterocycles. The van der Waals surface area contributed by atoms with Crippen LogP contribution in [0.15, 0.2) is 18.2 Å². The van der Waals surface area contributed by atoms with Crippen LogP contribution in [-0.4, -0.2) is 25.0 Å². The molecule has 0 fully saturated rings. The molecule has 4 nitrogen and oxygen atoms in total. The molecule has 0 aliphatic heterocycles. The maximum Gasteiger partial charge on any atom is 0.347 e. The summed E-state index contributed by atoms with van der Waals surface area (Å²) >= 11 is 0. The van der Waals surface area contributed by atoms with Crippen molar-refractivity contribution in [3.63, 3.8) is 0 Å². The van der Waals surface area contributed by atoms with Gasteiger partial charge in [-0.05, 0) is 30.5 Å². The van der Waals surface area contributed by atoms with Gasteiger partial charge in [0.05, 0.1) is 7.11 Å². The van der Waals surface area contributed by atoms with E-state index in [1.54, 1.807) is 12.1 Å². The molecule has 0 saturated carbocycles. The van der Waals surface area contributed by atoms with Gasteiger partial charge in [0.2, 0.25) is 0 Å². The van der Waals surface area contributed by atoms with E-state index >= 15 is 0 Å². The predicted octanol–water partition coefficient (Wildman–Crippen LogP) is 2.15. The number of Topliss-reactive ketones (excluding diaryl/α,β-unsaturated/α-hetero) is 1. The molecule has 1 atom stereocenters. The largest absolute Gasteiger partial charge is 0.479 e. The number of hydrogen-bond donors (Lipinski definition) is 0. The van der Waals surface area contributed by atoms with Crippen LogP contribution < -0.4 is 4.74 Å². The molecule has 0 amide bonds. The van der Waals surface area contributed by atoms with Crippen molar-refractivity contribution in [1.29, 1.82) is 0 Å². The van der Waals surface area contributed by atoms with Crippen molar-refractivity contribution in [2.75, 3.05) is 7.11 Å². The Bertz CT molecular complexity index is 479. The summed E-state index contributed by atoms with van der Waals surface area (Å²) in [5.41, 5.74) is 1.77. The Labute approximate surface area is 106 Å². The van der Waals surface area contributed by atoms with Crippen molar-refractivity contribution < 1.29 is 19.1 Å². The molecule has 1 aromatic rings. The van der Waals surface area contributed by atoms with Crippen LogP contribution in [0.25, 0.3) is 0 Å². The molecule has 0 N–H and O–H groups in total. The van der Waals surface area contributed by atoms with Crippen molar-refractivity contribution in [2.24, 2.45) is 0 Å². The second-order valence-corrected chi connectivity index (χ2v) is 4.28. The maximum absolute atomic E-state index is 11.6. The van der Waals surface area contributed by atoms with E-state index in [1.807, 2.05) is 13.0 Å². The van der Waals surface area contributed by atoms with Crippen LogP contribution in [0.1, 0.15) is 35.7 Å². The molecule has 2 rings (SSSR count). The van der Waals surface area contributed by atoms with Crippen molar-refractivity contribution in [3.8, 4) is 5.75 Å². The molecule has 0 saturated heterocycles. The average molecular weight is 248 g/mol. The Hall–Kier alpha value is -1.84. The number of aryl methyl sites for hydroxylation is 1. The molecular formula is C14H16O4. The summed E-state index contributed by atoms with van der Waals surface area (Å²) < 4.78 is 10.2. The summed E-state index contributed by atoms with van der Waals surface area (Å²) in [7, 11) is 1.33. The lowest BCUT2D eigenvalue weighted by atomic mass is 10.1. The van der Waals surface area contributed by atoms with Crippen molar-refractivity contribution >= 4 is 11.8 Å². The molecular weight excluding hydrogens is 232 g/mol. The first-order chi connectivity index (χ1) is 8.65. The molecule has 4 heteroatoms. The van der Waals surface area contributed by atoms with Gasteiger partial charge < -0.3 is 9.47 Å². The lowest BCUT2D eigenvalue weighted by Crippen LogP contribution is -2.27. The van der Waals surface area contributed by atoms with Gasteiger partial charge in [-0.3, -0.25) is 4.79 Å². The molecule has 0 radical (unpaired) electrons. The summed E-state index contributed by atoms with van der Waals surface area (Å²) in [5.74, 6) is 0.284. The van der Waals surface area contributed by atoms with Gasteiger partial charge >= 0.3 is 5.97 Å². The van der Waals surface area contributed by atoms with Crippen molar-refractivity contribution in [1.82, 2.24) is 0 Å². The highest BCUT2D eigenvalue weighted by Gasteiger charge is 2.22. The van der Waals surface area contributed by atoms with Crippen LogP contribution in [0.4, 0.5) is 0 Å². The number of methoxy groups -OCH3 is 1. The standard InChI is InChI=1S/C14H16O4/c1-3-13(14(16)17-2)18-10-6-4-9-5-7-12(15)11(9)8-10/h4,6,8,13H,3,5,7H2,1-2H3. The van der Waals surface area contributed by atoms with Crippen LogP contribution in [-0.2, 0) is 16.0 Å². The first-order valence-corrected chi connectivity index (χ1v) is 6.06. The van der Waals surface area contributed by atoms with Gasteiger partial charge in [-0.2, -0.15) is 0 Å². The number of rotatable bonds is 4. The summed E-state index contributed by atoms with van der Waals surface area (Å²) in [6.07, 6.45) is 1.26. The Balaban J connectivity index is 2.17. The quantitative estimate of drug-likeness (QED) is 0.766. The average Bonchev–Trinajstić information content (AvgIpc) is 2.76. The second kappa shape index (κ2) is 5.21. The van der Waals surface area contributed by atoms with E-state index in [9.17, 15) is 9.59 Å². The zero-order valence-electron chi connectivity index (χ0n) is 10.6. The fourth-order valence-corrected chi connectivity index (χ4v) is 2.08. The molecule has 1 aromatic carbocycles. The minimum absolute atomic E-state index is 0.140. The minimum Gasteiger partial charge on any atom is -0.479 e. The van der Waals surface area contributed by atoms with E-state index < -0.39 is 12.1 Å². The number of fused-ring (bicyclic) bond motifs is 1. The lowest BCUT2D eigenvalue weighted by molar-refractivity contribution is -0.148. The third-order valence-corrected chi connectivity index (χ3v) is 3.12. The molecule has 1 aliphatic rings. The summed E-state index contributed by atoms with van der Waals surface area (Å²) in [4.78, 5) is 23.0. The highest BCUT2D eigenvalue weighted by molar-refractivity contribution is 6.00. The van der Waals surface area contributed by atoms with Crippen LogP contribution in [0, 0.1) is 0 Å². The summed E-state index contributed by atoms with van der Waals surface area (Å²) in [6, 6.07) is 5.40. The lowest BCUT2D eigenvalue weighted by Gasteiger charge is -2.15. The van der Waals surface area contributed by atoms with Crippen molar-refractivity contribution in [3.05, 3.63) is 29.3 Å². The number of ether oxygens (including phenoxy) is 2. The maximum atomic E-state index is 11.6. The molecule has 0 spiro atoms. The number of carbonyl (C=O) groups excluding carboxylic acids is 2. The first kappa shape index (κ1) is 12.6. The Morgan fingerprint density at radius 1 is 1.39 bits per heavy atom. The van der Waals surface area contributed by atoms with Gasteiger partial charge in [-0.15, -0.1) is 0 Å². The van der Waals surface area contributed by atoms with Crippen LogP contribution in [0.2, 0.25) is 0 Å². The van der Waals surface area contributed by atoms with Gasteiger partial charge in [0, 0.05) is 12.0 Å². The minimum atomic E-state index is -0.621. The molecule has 18 heavy (non-hydrogen) atoms. The number of benzene rings is 1. The van der Waals surface area contributed by atoms with Gasteiger partial charge in [-0.1, -0.05) is 13.0 Å². The Morgan fingerprint density at radius 3 is 2.83 bits per heavy atom. The SMILES string of the molecule is CCC(Oc1ccc2c(c1)C(=O)CC2)C(=O)OC. The zero-order valence-corrected chi connectivity index (χ0v) is 10.6. The van der Waals surface area contributed by atoms with E-state index in [2.05, 4.69) is 4.74 Å². The zero-order chi connectivity index (χ0) is 13.1. The number of hydrogen-bond acceptors (Lipinski definition) is 4. The normalized spacial score (nSPS) is 15.1. The molecule has 96 valence electrons. The predicted molar refractivity (Wildman–Crippen MR) is 65.8 cm³/mol. The topological polar surface area (TPSA) is 52.6 Å². The summed E-state index contributed by atoms with van der Waals surface area (Å²) in [6.45, 7) is 1.85. The first-order valence-electron chi connectivity index (χ1n) is 6.06. The smallest absolute Gasteiger partial charge is 0.347 e. The third-order valence-electron chi connectivity index (χ3n) is 3.12. The number of esters is 1. The van der Waals surface area contributed by atoms with Crippen molar-refractivity contribution in [2.45, 2.75) is 32.3 Å². The Morgan fingerprint density at radius 2 is 2.17 bits per heavy atom. The van der Waals surface area contributed by atoms with E-state index in [-0.39, 0.29) is 5.78 Å². The molecule has 0 aromatic heterocycles. The van der Waals surface area contributed by atoms with E-state index in [0.717, 1.165) is 12.0 Å². The van der Waals surface area contributed by atoms with Crippen LogP contribution in [0.5, 0.6) is 5.75 Å². The van der Waals surface area contributed by atoms with Crippen LogP contribution in [0.3, 0.4) is 0 Å². The van der Waals surface area contributed by atoms with Gasteiger partial charge in [0.1, 0.15) is 5.75 Å². The monoisotopic (exact) mass is 248 g/mol. The molecule has 1 aliphatic carbocycles.